The predicted molar refractivity (Wildman–Crippen MR) is 55.2 cm³/mol. The summed E-state index contributed by atoms with van der Waals surface area (Å²) in [5.41, 5.74) is 1.75. The first kappa shape index (κ1) is 17.0. The number of hydrogen-bond acceptors (Lipinski definition) is 4. The SMILES string of the molecule is NCc1cc(OC(F)(F)F)nc(CC(=O)O)c1C(F)(F)F. The average Bonchev–Trinajstić information content (AvgIpc) is 2.22. The summed E-state index contributed by atoms with van der Waals surface area (Å²) < 4.78 is 78.2. The fourth-order valence-corrected chi connectivity index (χ4v) is 1.58. The summed E-state index contributed by atoms with van der Waals surface area (Å²) in [6.45, 7) is -0.766. The van der Waals surface area contributed by atoms with Crippen molar-refractivity contribution in [3.63, 3.8) is 0 Å². The molecular weight excluding hydrogens is 310 g/mol. The lowest BCUT2D eigenvalue weighted by Crippen LogP contribution is -2.22. The Kier molecular flexibility index (Phi) is 4.66. The van der Waals surface area contributed by atoms with E-state index in [2.05, 4.69) is 9.72 Å². The van der Waals surface area contributed by atoms with Crippen LogP contribution < -0.4 is 10.5 Å². The van der Waals surface area contributed by atoms with Gasteiger partial charge in [-0.05, 0) is 5.56 Å². The van der Waals surface area contributed by atoms with Crippen molar-refractivity contribution in [3.05, 3.63) is 22.9 Å². The molecule has 0 bridgehead atoms. The second kappa shape index (κ2) is 5.76. The van der Waals surface area contributed by atoms with Crippen molar-refractivity contribution < 1.29 is 41.0 Å². The van der Waals surface area contributed by atoms with Gasteiger partial charge in [0, 0.05) is 12.6 Å². The van der Waals surface area contributed by atoms with E-state index in [9.17, 15) is 31.1 Å². The normalized spacial score (nSPS) is 12.3. The number of carbonyl (C=O) groups is 1. The summed E-state index contributed by atoms with van der Waals surface area (Å²) >= 11 is 0. The number of nitrogens with zero attached hydrogens (tertiary/aromatic N) is 1. The maximum atomic E-state index is 12.9. The molecule has 0 atom stereocenters. The Bertz CT molecular complexity index is 541. The average molecular weight is 318 g/mol. The Morgan fingerprint density at radius 3 is 2.24 bits per heavy atom. The number of hydrogen-bond donors (Lipinski definition) is 2. The van der Waals surface area contributed by atoms with Gasteiger partial charge in [0.1, 0.15) is 0 Å². The molecule has 118 valence electrons. The highest BCUT2D eigenvalue weighted by molar-refractivity contribution is 5.70. The minimum Gasteiger partial charge on any atom is -0.481 e. The Labute approximate surface area is 113 Å². The third kappa shape index (κ3) is 4.77. The molecule has 0 unspecified atom stereocenters. The fourth-order valence-electron chi connectivity index (χ4n) is 1.58. The van der Waals surface area contributed by atoms with Crippen LogP contribution in [0.3, 0.4) is 0 Å². The first-order valence-corrected chi connectivity index (χ1v) is 5.21. The topological polar surface area (TPSA) is 85.4 Å². The smallest absolute Gasteiger partial charge is 0.481 e. The van der Waals surface area contributed by atoms with E-state index in [4.69, 9.17) is 10.8 Å². The molecule has 0 aromatic carbocycles. The molecule has 0 radical (unpaired) electrons. The van der Waals surface area contributed by atoms with E-state index in [1.165, 1.54) is 0 Å². The van der Waals surface area contributed by atoms with Crippen LogP contribution in [0.1, 0.15) is 16.8 Å². The number of nitrogens with two attached hydrogens (primary N) is 1. The van der Waals surface area contributed by atoms with E-state index in [1.54, 1.807) is 0 Å². The van der Waals surface area contributed by atoms with Crippen LogP contribution in [0, 0.1) is 0 Å². The van der Waals surface area contributed by atoms with Gasteiger partial charge >= 0.3 is 18.5 Å². The van der Waals surface area contributed by atoms with Gasteiger partial charge in [-0.3, -0.25) is 4.79 Å². The number of alkyl halides is 6. The second-order valence-corrected chi connectivity index (χ2v) is 3.76. The molecule has 3 N–H and O–H groups in total. The van der Waals surface area contributed by atoms with E-state index in [0.29, 0.717) is 6.07 Å². The van der Waals surface area contributed by atoms with Gasteiger partial charge in [-0.25, -0.2) is 4.98 Å². The van der Waals surface area contributed by atoms with Gasteiger partial charge in [-0.2, -0.15) is 13.2 Å². The molecule has 1 aromatic rings. The van der Waals surface area contributed by atoms with Gasteiger partial charge in [-0.1, -0.05) is 0 Å². The number of pyridine rings is 1. The van der Waals surface area contributed by atoms with Crippen LogP contribution in [-0.2, 0) is 23.9 Å². The molecule has 0 amide bonds. The van der Waals surface area contributed by atoms with Crippen molar-refractivity contribution in [1.29, 1.82) is 0 Å². The van der Waals surface area contributed by atoms with Crippen LogP contribution in [0.15, 0.2) is 6.07 Å². The van der Waals surface area contributed by atoms with Crippen LogP contribution >= 0.6 is 0 Å². The Morgan fingerprint density at radius 1 is 1.29 bits per heavy atom. The van der Waals surface area contributed by atoms with E-state index >= 15 is 0 Å². The molecular formula is C10H8F6N2O3. The summed E-state index contributed by atoms with van der Waals surface area (Å²) in [5, 5.41) is 8.54. The van der Waals surface area contributed by atoms with E-state index in [1.807, 2.05) is 0 Å². The van der Waals surface area contributed by atoms with Crippen molar-refractivity contribution in [2.45, 2.75) is 25.5 Å². The monoisotopic (exact) mass is 318 g/mol. The Balaban J connectivity index is 3.46. The quantitative estimate of drug-likeness (QED) is 0.830. The summed E-state index contributed by atoms with van der Waals surface area (Å²) in [7, 11) is 0. The highest BCUT2D eigenvalue weighted by atomic mass is 19.4. The largest absolute Gasteiger partial charge is 0.574 e. The number of carboxylic acids is 1. The molecule has 0 aliphatic carbocycles. The van der Waals surface area contributed by atoms with Crippen molar-refractivity contribution in [2.75, 3.05) is 0 Å². The third-order valence-electron chi connectivity index (χ3n) is 2.19. The van der Waals surface area contributed by atoms with E-state index in [-0.39, 0.29) is 0 Å². The molecule has 0 aliphatic heterocycles. The van der Waals surface area contributed by atoms with Crippen molar-refractivity contribution in [2.24, 2.45) is 5.73 Å². The zero-order valence-corrected chi connectivity index (χ0v) is 10.0. The highest BCUT2D eigenvalue weighted by Crippen LogP contribution is 2.36. The summed E-state index contributed by atoms with van der Waals surface area (Å²) in [5.74, 6) is -2.90. The number of aliphatic carboxylic acids is 1. The number of halogens is 6. The van der Waals surface area contributed by atoms with Crippen LogP contribution in [0.4, 0.5) is 26.3 Å². The molecule has 0 spiro atoms. The number of rotatable bonds is 4. The highest BCUT2D eigenvalue weighted by Gasteiger charge is 2.39. The summed E-state index contributed by atoms with van der Waals surface area (Å²) in [6, 6.07) is 0.377. The number of carboxylic acid groups (broad SMARTS) is 1. The first-order chi connectivity index (χ1) is 9.44. The summed E-state index contributed by atoms with van der Waals surface area (Å²) in [6.07, 6.45) is -11.4. The zero-order chi connectivity index (χ0) is 16.4. The minimum absolute atomic E-state index is 0.377. The molecule has 21 heavy (non-hydrogen) atoms. The molecule has 1 rings (SSSR count). The fraction of sp³-hybridized carbons (Fsp3) is 0.400. The van der Waals surface area contributed by atoms with Gasteiger partial charge in [0.25, 0.3) is 0 Å². The Morgan fingerprint density at radius 2 is 1.86 bits per heavy atom. The molecule has 0 saturated carbocycles. The van der Waals surface area contributed by atoms with Crippen molar-refractivity contribution >= 4 is 5.97 Å². The van der Waals surface area contributed by atoms with Gasteiger partial charge < -0.3 is 15.6 Å². The maximum Gasteiger partial charge on any atom is 0.574 e. The molecule has 5 nitrogen and oxygen atoms in total. The maximum absolute atomic E-state index is 12.9. The standard InChI is InChI=1S/C10H8F6N2O3/c11-9(12,13)8-4(3-17)1-6(21-10(14,15)16)18-5(8)2-7(19)20/h1H,2-3,17H2,(H,19,20). The second-order valence-electron chi connectivity index (χ2n) is 3.76. The lowest BCUT2D eigenvalue weighted by Gasteiger charge is -2.17. The van der Waals surface area contributed by atoms with Gasteiger partial charge in [-0.15, -0.1) is 13.2 Å². The van der Waals surface area contributed by atoms with Crippen molar-refractivity contribution in [1.82, 2.24) is 4.98 Å². The lowest BCUT2D eigenvalue weighted by atomic mass is 10.0. The molecule has 11 heteroatoms. The van der Waals surface area contributed by atoms with Crippen molar-refractivity contribution in [3.8, 4) is 5.88 Å². The van der Waals surface area contributed by atoms with E-state index in [0.717, 1.165) is 0 Å². The molecule has 1 heterocycles. The molecule has 0 saturated heterocycles. The molecule has 1 aromatic heterocycles. The molecule has 0 fully saturated rings. The van der Waals surface area contributed by atoms with Gasteiger partial charge in [0.05, 0.1) is 17.7 Å². The predicted octanol–water partition coefficient (Wildman–Crippen LogP) is 2.08. The molecule has 0 aliphatic rings. The van der Waals surface area contributed by atoms with Crippen LogP contribution in [0.5, 0.6) is 5.88 Å². The minimum atomic E-state index is -5.18. The van der Waals surface area contributed by atoms with Crippen LogP contribution in [0.25, 0.3) is 0 Å². The van der Waals surface area contributed by atoms with E-state index < -0.39 is 54.2 Å². The number of aromatic nitrogens is 1. The Hall–Kier alpha value is -2.04. The number of ether oxygens (including phenoxy) is 1. The summed E-state index contributed by atoms with van der Waals surface area (Å²) in [4.78, 5) is 13.5. The van der Waals surface area contributed by atoms with Gasteiger partial charge in [0.2, 0.25) is 5.88 Å². The first-order valence-electron chi connectivity index (χ1n) is 5.21. The van der Waals surface area contributed by atoms with Gasteiger partial charge in [0.15, 0.2) is 0 Å². The zero-order valence-electron chi connectivity index (χ0n) is 10.0. The van der Waals surface area contributed by atoms with Crippen LogP contribution in [0.2, 0.25) is 0 Å². The van der Waals surface area contributed by atoms with Crippen LogP contribution in [-0.4, -0.2) is 22.4 Å². The lowest BCUT2D eigenvalue weighted by molar-refractivity contribution is -0.276. The third-order valence-corrected chi connectivity index (χ3v) is 2.19.